The van der Waals surface area contributed by atoms with Gasteiger partial charge in [-0.1, -0.05) is 0 Å². The van der Waals surface area contributed by atoms with Crippen molar-refractivity contribution in [2.24, 2.45) is 0 Å². The molecule has 0 aliphatic heterocycles. The van der Waals surface area contributed by atoms with Crippen LogP contribution in [0.3, 0.4) is 0 Å². The van der Waals surface area contributed by atoms with Gasteiger partial charge in [-0.3, -0.25) is 0 Å². The van der Waals surface area contributed by atoms with Crippen LogP contribution in [0.1, 0.15) is 26.7 Å². The van der Waals surface area contributed by atoms with Gasteiger partial charge >= 0.3 is 99.7 Å². The number of hydrogen-bond donors (Lipinski definition) is 0. The Labute approximate surface area is 99.1 Å². The molecule has 72 valence electrons. The van der Waals surface area contributed by atoms with E-state index in [4.69, 9.17) is 7.56 Å². The fourth-order valence-corrected chi connectivity index (χ4v) is 4.23. The van der Waals surface area contributed by atoms with Crippen molar-refractivity contribution in [2.45, 2.75) is 26.7 Å². The molecular formula is C6H10O5Sn2. The van der Waals surface area contributed by atoms with Crippen molar-refractivity contribution in [1.29, 1.82) is 0 Å². The second kappa shape index (κ2) is 9.07. The molecular weight excluding hydrogens is 389 g/mol. The van der Waals surface area contributed by atoms with Gasteiger partial charge in [0.1, 0.15) is 0 Å². The minimum atomic E-state index is -1.51. The van der Waals surface area contributed by atoms with Gasteiger partial charge in [0.2, 0.25) is 0 Å². The Morgan fingerprint density at radius 3 is 1.69 bits per heavy atom. The van der Waals surface area contributed by atoms with Crippen molar-refractivity contribution < 1.29 is 17.1 Å². The molecule has 0 unspecified atom stereocenters. The first-order valence-electron chi connectivity index (χ1n) is 3.75. The molecule has 0 N–H and O–H groups in total. The fraction of sp³-hybridized carbons (Fsp3) is 0.667. The van der Waals surface area contributed by atoms with Gasteiger partial charge in [0.25, 0.3) is 0 Å². The quantitative estimate of drug-likeness (QED) is 0.464. The summed E-state index contributed by atoms with van der Waals surface area (Å²) in [6.07, 6.45) is 0.730. The summed E-state index contributed by atoms with van der Waals surface area (Å²) in [6, 6.07) is 0. The normalized spacial score (nSPS) is 9.38. The SMILES string of the molecule is CCC(=O)[O][Sn][O][Sn][O]C(=O)CC. The summed E-state index contributed by atoms with van der Waals surface area (Å²) >= 11 is -3.01. The zero-order chi connectivity index (χ0) is 10.1. The Morgan fingerprint density at radius 1 is 1.00 bits per heavy atom. The zero-order valence-corrected chi connectivity index (χ0v) is 13.2. The monoisotopic (exact) mass is 402 g/mol. The van der Waals surface area contributed by atoms with Crippen molar-refractivity contribution >= 4 is 55.9 Å². The maximum atomic E-state index is 10.6. The first-order valence-corrected chi connectivity index (χ1v) is 8.42. The van der Waals surface area contributed by atoms with Crippen LogP contribution in [0.4, 0.5) is 0 Å². The number of rotatable bonds is 6. The predicted octanol–water partition coefficient (Wildman–Crippen LogP) is -0.0222. The van der Waals surface area contributed by atoms with E-state index in [2.05, 4.69) is 0 Å². The molecule has 0 atom stereocenters. The molecule has 0 heterocycles. The van der Waals surface area contributed by atoms with E-state index < -0.39 is 43.9 Å². The van der Waals surface area contributed by atoms with Gasteiger partial charge < -0.3 is 0 Å². The standard InChI is InChI=1S/2C3H6O2.O.2Sn/c2*1-2-3(4)5;;;/h2*2H2,1H3,(H,4,5);;;/q;;;2*+1/p-2. The summed E-state index contributed by atoms with van der Waals surface area (Å²) in [5.41, 5.74) is 0. The molecule has 13 heavy (non-hydrogen) atoms. The molecule has 0 bridgehead atoms. The van der Waals surface area contributed by atoms with Gasteiger partial charge in [-0.15, -0.1) is 0 Å². The molecule has 4 radical (unpaired) electrons. The molecule has 0 amide bonds. The second-order valence-electron chi connectivity index (χ2n) is 1.92. The van der Waals surface area contributed by atoms with E-state index in [-0.39, 0.29) is 11.9 Å². The summed E-state index contributed by atoms with van der Waals surface area (Å²) in [4.78, 5) is 21.2. The molecule has 0 fully saturated rings. The minimum absolute atomic E-state index is 0.243. The molecule has 5 nitrogen and oxygen atoms in total. The van der Waals surface area contributed by atoms with Crippen molar-refractivity contribution in [3.05, 3.63) is 0 Å². The number of hydrogen-bond acceptors (Lipinski definition) is 5. The van der Waals surface area contributed by atoms with E-state index in [0.717, 1.165) is 0 Å². The van der Waals surface area contributed by atoms with Crippen LogP contribution in [0.5, 0.6) is 0 Å². The Bertz CT molecular complexity index is 154. The Morgan fingerprint density at radius 2 is 1.38 bits per heavy atom. The average Bonchev–Trinajstić information content (AvgIpc) is 2.16. The van der Waals surface area contributed by atoms with Crippen LogP contribution in [0.25, 0.3) is 0 Å². The van der Waals surface area contributed by atoms with Crippen molar-refractivity contribution in [1.82, 2.24) is 0 Å². The molecule has 0 aromatic rings. The molecule has 0 aromatic carbocycles. The van der Waals surface area contributed by atoms with Crippen molar-refractivity contribution in [3.8, 4) is 0 Å². The second-order valence-corrected chi connectivity index (χ2v) is 8.53. The van der Waals surface area contributed by atoms with E-state index >= 15 is 0 Å². The molecule has 0 aliphatic rings. The molecule has 0 aliphatic carbocycles. The van der Waals surface area contributed by atoms with Crippen LogP contribution >= 0.6 is 0 Å². The first-order chi connectivity index (χ1) is 6.20. The Hall–Kier alpha value is 0.497. The molecule has 0 aromatic heterocycles. The van der Waals surface area contributed by atoms with Gasteiger partial charge in [-0.05, 0) is 0 Å². The maximum absolute atomic E-state index is 10.6. The third kappa shape index (κ3) is 8.82. The third-order valence-electron chi connectivity index (χ3n) is 0.972. The topological polar surface area (TPSA) is 61.8 Å². The molecule has 0 rings (SSSR count). The van der Waals surface area contributed by atoms with Gasteiger partial charge in [-0.2, -0.15) is 0 Å². The fourth-order valence-electron chi connectivity index (χ4n) is 0.296. The molecule has 7 heteroatoms. The van der Waals surface area contributed by atoms with E-state index in [9.17, 15) is 9.59 Å². The summed E-state index contributed by atoms with van der Waals surface area (Å²) in [5.74, 6) is -0.486. The van der Waals surface area contributed by atoms with Crippen LogP contribution in [0.15, 0.2) is 0 Å². The summed E-state index contributed by atoms with van der Waals surface area (Å²) in [7, 11) is 0. The summed E-state index contributed by atoms with van der Waals surface area (Å²) < 4.78 is 14.6. The van der Waals surface area contributed by atoms with Crippen LogP contribution < -0.4 is 0 Å². The van der Waals surface area contributed by atoms with Crippen LogP contribution in [0, 0.1) is 0 Å². The van der Waals surface area contributed by atoms with Crippen molar-refractivity contribution in [2.75, 3.05) is 0 Å². The van der Waals surface area contributed by atoms with Gasteiger partial charge in [0.15, 0.2) is 0 Å². The number of carbonyl (C=O) groups excluding carboxylic acids is 2. The van der Waals surface area contributed by atoms with Crippen molar-refractivity contribution in [3.63, 3.8) is 0 Å². The summed E-state index contributed by atoms with van der Waals surface area (Å²) in [6.45, 7) is 3.44. The van der Waals surface area contributed by atoms with E-state index in [1.807, 2.05) is 0 Å². The van der Waals surface area contributed by atoms with Gasteiger partial charge in [0.05, 0.1) is 0 Å². The molecule has 0 saturated heterocycles. The average molecular weight is 400 g/mol. The Kier molecular flexibility index (Phi) is 9.42. The number of carbonyl (C=O) groups is 2. The molecule has 0 saturated carbocycles. The van der Waals surface area contributed by atoms with E-state index in [1.165, 1.54) is 0 Å². The molecule has 0 spiro atoms. The van der Waals surface area contributed by atoms with Crippen LogP contribution in [-0.4, -0.2) is 55.9 Å². The summed E-state index contributed by atoms with van der Waals surface area (Å²) in [5, 5.41) is 0. The van der Waals surface area contributed by atoms with Crippen LogP contribution in [0.2, 0.25) is 0 Å². The van der Waals surface area contributed by atoms with Gasteiger partial charge in [-0.25, -0.2) is 0 Å². The van der Waals surface area contributed by atoms with Gasteiger partial charge in [0, 0.05) is 0 Å². The first kappa shape index (κ1) is 13.5. The van der Waals surface area contributed by atoms with E-state index in [0.29, 0.717) is 12.8 Å². The van der Waals surface area contributed by atoms with Crippen LogP contribution in [-0.2, 0) is 17.1 Å². The van der Waals surface area contributed by atoms with E-state index in [1.54, 1.807) is 13.8 Å². The Balaban J connectivity index is 3.17. The third-order valence-corrected chi connectivity index (χ3v) is 6.41. The predicted molar refractivity (Wildman–Crippen MR) is 45.4 cm³/mol. The zero-order valence-electron chi connectivity index (χ0n) is 7.46.